The molecule has 0 radical (unpaired) electrons. The van der Waals surface area contributed by atoms with Crippen LogP contribution in [0.3, 0.4) is 0 Å². The first kappa shape index (κ1) is 14.5. The van der Waals surface area contributed by atoms with Crippen LogP contribution in [0.25, 0.3) is 0 Å². The minimum absolute atomic E-state index is 0.147. The van der Waals surface area contributed by atoms with Gasteiger partial charge in [0.05, 0.1) is 19.3 Å². The van der Waals surface area contributed by atoms with E-state index in [2.05, 4.69) is 4.74 Å². The molecule has 0 amide bonds. The lowest BCUT2D eigenvalue weighted by Crippen LogP contribution is -2.41. The largest absolute Gasteiger partial charge is 0.469 e. The van der Waals surface area contributed by atoms with Gasteiger partial charge in [-0.3, -0.25) is 4.79 Å². The number of fused-ring (bicyclic) bond motifs is 1. The summed E-state index contributed by atoms with van der Waals surface area (Å²) in [6, 6.07) is 0. The summed E-state index contributed by atoms with van der Waals surface area (Å²) in [5, 5.41) is 10.0. The summed E-state index contributed by atoms with van der Waals surface area (Å²) in [6.45, 7) is 0. The number of methoxy groups -OCH3 is 1. The lowest BCUT2D eigenvalue weighted by molar-refractivity contribution is -0.140. The molecule has 0 aromatic carbocycles. The van der Waals surface area contributed by atoms with Gasteiger partial charge in [0.15, 0.2) is 6.29 Å². The molecule has 2 rings (SSSR count). The van der Waals surface area contributed by atoms with Gasteiger partial charge in [-0.25, -0.2) is 0 Å². The van der Waals surface area contributed by atoms with Gasteiger partial charge in [0.2, 0.25) is 0 Å². The van der Waals surface area contributed by atoms with Crippen molar-refractivity contribution < 1.29 is 24.2 Å². The third-order valence-electron chi connectivity index (χ3n) is 4.29. The summed E-state index contributed by atoms with van der Waals surface area (Å²) < 4.78 is 10.5. The van der Waals surface area contributed by atoms with Crippen LogP contribution in [-0.4, -0.2) is 42.3 Å². The predicted molar refractivity (Wildman–Crippen MR) is 67.5 cm³/mol. The molecule has 1 aliphatic heterocycles. The van der Waals surface area contributed by atoms with E-state index >= 15 is 0 Å². The fourth-order valence-electron chi connectivity index (χ4n) is 3.24. The zero-order valence-corrected chi connectivity index (χ0v) is 11.3. The van der Waals surface area contributed by atoms with Crippen LogP contribution >= 0.6 is 0 Å². The van der Waals surface area contributed by atoms with Crippen LogP contribution < -0.4 is 0 Å². The van der Waals surface area contributed by atoms with Gasteiger partial charge in [-0.05, 0) is 44.4 Å². The van der Waals surface area contributed by atoms with Crippen LogP contribution in [0.4, 0.5) is 0 Å². The van der Waals surface area contributed by atoms with Gasteiger partial charge in [-0.15, -0.1) is 0 Å². The fraction of sp³-hybridized carbons (Fsp3) is 0.857. The molecule has 4 unspecified atom stereocenters. The van der Waals surface area contributed by atoms with Crippen LogP contribution in [0.1, 0.15) is 44.9 Å². The Hall–Kier alpha value is -0.940. The molecule has 1 heterocycles. The van der Waals surface area contributed by atoms with Crippen LogP contribution in [-0.2, 0) is 19.1 Å². The summed E-state index contributed by atoms with van der Waals surface area (Å²) in [6.07, 6.45) is 5.63. The number of hydrogen-bond donors (Lipinski definition) is 1. The smallest absolute Gasteiger partial charge is 0.305 e. The van der Waals surface area contributed by atoms with Gasteiger partial charge in [0.25, 0.3) is 0 Å². The number of aldehydes is 1. The highest BCUT2D eigenvalue weighted by Gasteiger charge is 2.45. The van der Waals surface area contributed by atoms with E-state index in [1.165, 1.54) is 7.11 Å². The van der Waals surface area contributed by atoms with Crippen molar-refractivity contribution in [1.29, 1.82) is 0 Å². The second-order valence-electron chi connectivity index (χ2n) is 5.72. The molecule has 1 saturated carbocycles. The van der Waals surface area contributed by atoms with Gasteiger partial charge in [0.1, 0.15) is 5.60 Å². The summed E-state index contributed by atoms with van der Waals surface area (Å²) in [5.41, 5.74) is -1.15. The Balaban J connectivity index is 1.77. The Kier molecular flexibility index (Phi) is 4.58. The summed E-state index contributed by atoms with van der Waals surface area (Å²) >= 11 is 0. The molecule has 2 fully saturated rings. The number of ether oxygens (including phenoxy) is 2. The molecule has 1 saturated heterocycles. The Morgan fingerprint density at radius 3 is 3.05 bits per heavy atom. The topological polar surface area (TPSA) is 72.8 Å². The van der Waals surface area contributed by atoms with Gasteiger partial charge in [-0.1, -0.05) is 0 Å². The second kappa shape index (κ2) is 6.01. The van der Waals surface area contributed by atoms with Crippen molar-refractivity contribution in [3.8, 4) is 0 Å². The molecule has 0 bridgehead atoms. The van der Waals surface area contributed by atoms with Crippen LogP contribution in [0.5, 0.6) is 0 Å². The summed E-state index contributed by atoms with van der Waals surface area (Å²) in [7, 11) is 1.39. The van der Waals surface area contributed by atoms with E-state index in [9.17, 15) is 14.7 Å². The molecule has 19 heavy (non-hydrogen) atoms. The molecule has 0 aromatic rings. The van der Waals surface area contributed by atoms with Crippen molar-refractivity contribution in [1.82, 2.24) is 0 Å². The maximum atomic E-state index is 11.0. The third-order valence-corrected chi connectivity index (χ3v) is 4.29. The lowest BCUT2D eigenvalue weighted by Gasteiger charge is -2.33. The molecular formula is C14H22O5. The summed E-state index contributed by atoms with van der Waals surface area (Å²) in [4.78, 5) is 21.9. The van der Waals surface area contributed by atoms with Crippen molar-refractivity contribution in [2.75, 3.05) is 7.11 Å². The molecule has 2 aliphatic rings. The normalized spacial score (nSPS) is 37.7. The first-order valence-corrected chi connectivity index (χ1v) is 6.97. The Morgan fingerprint density at radius 2 is 2.37 bits per heavy atom. The summed E-state index contributed by atoms with van der Waals surface area (Å²) in [5.74, 6) is 0.0813. The van der Waals surface area contributed by atoms with Crippen molar-refractivity contribution in [3.63, 3.8) is 0 Å². The van der Waals surface area contributed by atoms with E-state index in [1.807, 2.05) is 0 Å². The molecule has 108 valence electrons. The Labute approximate surface area is 113 Å². The van der Waals surface area contributed by atoms with E-state index in [0.29, 0.717) is 25.5 Å². The van der Waals surface area contributed by atoms with Gasteiger partial charge in [-0.2, -0.15) is 0 Å². The van der Waals surface area contributed by atoms with Crippen molar-refractivity contribution in [3.05, 3.63) is 0 Å². The number of aliphatic hydroxyl groups is 1. The first-order chi connectivity index (χ1) is 9.06. The van der Waals surface area contributed by atoms with Crippen LogP contribution in [0.2, 0.25) is 0 Å². The lowest BCUT2D eigenvalue weighted by atomic mass is 9.76. The molecule has 5 nitrogen and oxygen atoms in total. The second-order valence-corrected chi connectivity index (χ2v) is 5.72. The highest BCUT2D eigenvalue weighted by Crippen LogP contribution is 2.42. The molecule has 0 aromatic heterocycles. The fourth-order valence-corrected chi connectivity index (χ4v) is 3.24. The Bertz CT molecular complexity index is 343. The molecule has 1 aliphatic carbocycles. The number of esters is 1. The van der Waals surface area contributed by atoms with Crippen molar-refractivity contribution >= 4 is 12.3 Å². The minimum atomic E-state index is -1.15. The number of carbonyl (C=O) groups is 2. The molecule has 0 spiro atoms. The number of rotatable bonds is 5. The average molecular weight is 270 g/mol. The third kappa shape index (κ3) is 3.54. The van der Waals surface area contributed by atoms with Crippen LogP contribution in [0, 0.1) is 5.92 Å². The van der Waals surface area contributed by atoms with Gasteiger partial charge in [0, 0.05) is 6.42 Å². The quantitative estimate of drug-likeness (QED) is 0.600. The Morgan fingerprint density at radius 1 is 1.58 bits per heavy atom. The van der Waals surface area contributed by atoms with Gasteiger partial charge >= 0.3 is 5.97 Å². The van der Waals surface area contributed by atoms with E-state index < -0.39 is 5.60 Å². The van der Waals surface area contributed by atoms with Crippen LogP contribution in [0.15, 0.2) is 0 Å². The molecule has 5 heteroatoms. The van der Waals surface area contributed by atoms with Gasteiger partial charge < -0.3 is 19.4 Å². The van der Waals surface area contributed by atoms with E-state index in [1.54, 1.807) is 0 Å². The number of hydrogen-bond acceptors (Lipinski definition) is 5. The number of carbonyl (C=O) groups excluding carboxylic acids is 2. The SMILES string of the molecule is COC(=O)CCCC1CC2CC(O)(C=O)CCC2O1. The van der Waals surface area contributed by atoms with E-state index in [0.717, 1.165) is 25.7 Å². The van der Waals surface area contributed by atoms with E-state index in [4.69, 9.17) is 4.74 Å². The zero-order valence-electron chi connectivity index (χ0n) is 11.3. The minimum Gasteiger partial charge on any atom is -0.469 e. The maximum Gasteiger partial charge on any atom is 0.305 e. The highest BCUT2D eigenvalue weighted by atomic mass is 16.5. The maximum absolute atomic E-state index is 11.0. The first-order valence-electron chi connectivity index (χ1n) is 6.97. The molecule has 1 N–H and O–H groups in total. The standard InChI is InChI=1S/C14H22O5/c1-18-13(16)4-2-3-11-7-10-8-14(17,9-15)6-5-12(10)19-11/h9-12,17H,2-8H2,1H3. The molecule has 4 atom stereocenters. The van der Waals surface area contributed by atoms with Crippen molar-refractivity contribution in [2.45, 2.75) is 62.8 Å². The molecular weight excluding hydrogens is 248 g/mol. The highest BCUT2D eigenvalue weighted by molar-refractivity contribution is 5.69. The average Bonchev–Trinajstić information content (AvgIpc) is 2.80. The predicted octanol–water partition coefficient (Wildman–Crippen LogP) is 1.22. The monoisotopic (exact) mass is 270 g/mol. The van der Waals surface area contributed by atoms with E-state index in [-0.39, 0.29) is 24.1 Å². The van der Waals surface area contributed by atoms with Crippen molar-refractivity contribution in [2.24, 2.45) is 5.92 Å². The zero-order chi connectivity index (χ0) is 13.9.